The molecule has 0 saturated heterocycles. The Morgan fingerprint density at radius 1 is 1.25 bits per heavy atom. The molecule has 1 N–H and O–H groups in total. The SMILES string of the molecule is Cc1ncc(C)c(-c2cnn(C)c2C(=O)Nc2cc3nc(Br)nn3cc2F)n1. The van der Waals surface area contributed by atoms with Gasteiger partial charge in [-0.15, -0.1) is 5.10 Å². The lowest BCUT2D eigenvalue weighted by Crippen LogP contribution is -2.18. The molecule has 4 rings (SSSR count). The molecule has 0 atom stereocenters. The second-order valence-electron chi connectivity index (χ2n) is 6.15. The zero-order valence-electron chi connectivity index (χ0n) is 15.1. The molecule has 4 aromatic rings. The third-order valence-electron chi connectivity index (χ3n) is 4.15. The van der Waals surface area contributed by atoms with Gasteiger partial charge in [0.15, 0.2) is 11.5 Å². The lowest BCUT2D eigenvalue weighted by Gasteiger charge is -2.10. The number of anilines is 1. The molecule has 142 valence electrons. The number of fused-ring (bicyclic) bond motifs is 1. The van der Waals surface area contributed by atoms with Gasteiger partial charge in [0.25, 0.3) is 5.91 Å². The van der Waals surface area contributed by atoms with Crippen LogP contribution in [0.5, 0.6) is 0 Å². The highest BCUT2D eigenvalue weighted by atomic mass is 79.9. The first-order valence-corrected chi connectivity index (χ1v) is 8.98. The van der Waals surface area contributed by atoms with Gasteiger partial charge in [-0.05, 0) is 35.3 Å². The average Bonchev–Trinajstić information content (AvgIpc) is 3.18. The van der Waals surface area contributed by atoms with Gasteiger partial charge in [0, 0.05) is 19.3 Å². The van der Waals surface area contributed by atoms with Crippen molar-refractivity contribution in [1.29, 1.82) is 0 Å². The Morgan fingerprint density at radius 2 is 2.04 bits per heavy atom. The van der Waals surface area contributed by atoms with E-state index in [2.05, 4.69) is 46.4 Å². The maximum atomic E-state index is 14.4. The molecule has 0 bridgehead atoms. The molecular weight excluding hydrogens is 431 g/mol. The highest BCUT2D eigenvalue weighted by molar-refractivity contribution is 9.10. The van der Waals surface area contributed by atoms with Crippen molar-refractivity contribution in [2.45, 2.75) is 13.8 Å². The minimum atomic E-state index is -0.643. The Kier molecular flexibility index (Phi) is 4.38. The van der Waals surface area contributed by atoms with Crippen molar-refractivity contribution in [3.8, 4) is 11.3 Å². The molecule has 4 heterocycles. The van der Waals surface area contributed by atoms with E-state index >= 15 is 0 Å². The molecule has 0 aliphatic rings. The molecule has 11 heteroatoms. The van der Waals surface area contributed by atoms with E-state index in [1.807, 2.05) is 6.92 Å². The number of amides is 1. The summed E-state index contributed by atoms with van der Waals surface area (Å²) < 4.78 is 17.4. The van der Waals surface area contributed by atoms with Crippen molar-refractivity contribution >= 4 is 33.2 Å². The van der Waals surface area contributed by atoms with Gasteiger partial charge in [0.2, 0.25) is 4.73 Å². The minimum Gasteiger partial charge on any atom is -0.318 e. The van der Waals surface area contributed by atoms with Crippen LogP contribution in [-0.4, -0.2) is 40.3 Å². The number of hydrogen-bond acceptors (Lipinski definition) is 6. The molecule has 28 heavy (non-hydrogen) atoms. The Bertz CT molecular complexity index is 1230. The molecule has 9 nitrogen and oxygen atoms in total. The summed E-state index contributed by atoms with van der Waals surface area (Å²) in [6.07, 6.45) is 4.38. The molecule has 0 aliphatic heterocycles. The maximum absolute atomic E-state index is 14.4. The predicted molar refractivity (Wildman–Crippen MR) is 102 cm³/mol. The monoisotopic (exact) mass is 444 g/mol. The summed E-state index contributed by atoms with van der Waals surface area (Å²) in [6, 6.07) is 1.40. The van der Waals surface area contributed by atoms with Crippen LogP contribution in [0, 0.1) is 19.7 Å². The van der Waals surface area contributed by atoms with E-state index in [0.717, 1.165) is 11.8 Å². The van der Waals surface area contributed by atoms with Gasteiger partial charge in [-0.1, -0.05) is 0 Å². The molecule has 0 aliphatic carbocycles. The van der Waals surface area contributed by atoms with Crippen molar-refractivity contribution in [2.75, 3.05) is 5.32 Å². The Labute approximate surface area is 166 Å². The van der Waals surface area contributed by atoms with Crippen LogP contribution in [0.1, 0.15) is 21.9 Å². The molecule has 0 saturated carbocycles. The van der Waals surface area contributed by atoms with E-state index in [4.69, 9.17) is 0 Å². The predicted octanol–water partition coefficient (Wildman–Crippen LogP) is 2.69. The second kappa shape index (κ2) is 6.75. The number of pyridine rings is 1. The van der Waals surface area contributed by atoms with E-state index < -0.39 is 11.7 Å². The topological polar surface area (TPSA) is 103 Å². The van der Waals surface area contributed by atoms with Crippen molar-refractivity contribution in [1.82, 2.24) is 34.3 Å². The maximum Gasteiger partial charge on any atom is 0.274 e. The number of carbonyl (C=O) groups excluding carboxylic acids is 1. The second-order valence-corrected chi connectivity index (χ2v) is 6.86. The number of rotatable bonds is 3. The number of aromatic nitrogens is 7. The molecule has 0 spiro atoms. The lowest BCUT2D eigenvalue weighted by atomic mass is 10.1. The van der Waals surface area contributed by atoms with Gasteiger partial charge >= 0.3 is 0 Å². The highest BCUT2D eigenvalue weighted by Crippen LogP contribution is 2.26. The fourth-order valence-electron chi connectivity index (χ4n) is 2.84. The fourth-order valence-corrected chi connectivity index (χ4v) is 3.19. The largest absolute Gasteiger partial charge is 0.318 e. The van der Waals surface area contributed by atoms with Crippen LogP contribution in [0.4, 0.5) is 10.1 Å². The third-order valence-corrected chi connectivity index (χ3v) is 4.48. The molecule has 0 radical (unpaired) electrons. The van der Waals surface area contributed by atoms with Crippen molar-refractivity contribution < 1.29 is 9.18 Å². The van der Waals surface area contributed by atoms with Crippen LogP contribution in [0.25, 0.3) is 16.9 Å². The van der Waals surface area contributed by atoms with Crippen LogP contribution in [0.15, 0.2) is 29.4 Å². The summed E-state index contributed by atoms with van der Waals surface area (Å²) in [7, 11) is 1.64. The van der Waals surface area contributed by atoms with E-state index in [0.29, 0.717) is 27.5 Å². The smallest absolute Gasteiger partial charge is 0.274 e. The molecule has 0 aromatic carbocycles. The first kappa shape index (κ1) is 18.2. The zero-order valence-corrected chi connectivity index (χ0v) is 16.7. The quantitative estimate of drug-likeness (QED) is 0.520. The van der Waals surface area contributed by atoms with Gasteiger partial charge in [-0.2, -0.15) is 5.10 Å². The average molecular weight is 445 g/mol. The summed E-state index contributed by atoms with van der Waals surface area (Å²) in [5.41, 5.74) is 2.56. The summed E-state index contributed by atoms with van der Waals surface area (Å²) in [5, 5.41) is 10.7. The third kappa shape index (κ3) is 3.13. The Hall–Kier alpha value is -3.21. The number of nitrogens with one attached hydrogen (secondary N) is 1. The number of nitrogens with zero attached hydrogens (tertiary/aromatic N) is 7. The zero-order chi connectivity index (χ0) is 20.0. The Balaban J connectivity index is 1.74. The number of hydrogen-bond donors (Lipinski definition) is 1. The van der Waals surface area contributed by atoms with Gasteiger partial charge in [0.1, 0.15) is 11.5 Å². The van der Waals surface area contributed by atoms with Crippen molar-refractivity contribution in [3.05, 3.63) is 52.3 Å². The highest BCUT2D eigenvalue weighted by Gasteiger charge is 2.22. The normalized spacial score (nSPS) is 11.2. The van der Waals surface area contributed by atoms with E-state index in [1.54, 1.807) is 26.4 Å². The molecular formula is C17H14BrFN8O. The fraction of sp³-hybridized carbons (Fsp3) is 0.176. The Morgan fingerprint density at radius 3 is 2.82 bits per heavy atom. The van der Waals surface area contributed by atoms with Crippen LogP contribution in [0.3, 0.4) is 0 Å². The van der Waals surface area contributed by atoms with Gasteiger partial charge in [-0.25, -0.2) is 23.9 Å². The first-order chi connectivity index (χ1) is 13.3. The number of halogens is 2. The van der Waals surface area contributed by atoms with Crippen LogP contribution in [-0.2, 0) is 7.05 Å². The van der Waals surface area contributed by atoms with Crippen LogP contribution in [0.2, 0.25) is 0 Å². The lowest BCUT2D eigenvalue weighted by molar-refractivity contribution is 0.101. The van der Waals surface area contributed by atoms with Gasteiger partial charge in [0.05, 0.1) is 29.3 Å². The van der Waals surface area contributed by atoms with Crippen LogP contribution >= 0.6 is 15.9 Å². The van der Waals surface area contributed by atoms with E-state index in [1.165, 1.54) is 15.3 Å². The number of aryl methyl sites for hydroxylation is 3. The first-order valence-electron chi connectivity index (χ1n) is 8.19. The standard InChI is InChI=1S/C17H14BrFN8O/c1-8-5-20-9(2)22-14(8)10-6-21-26(3)15(10)16(28)23-12-4-13-24-17(18)25-27(13)7-11(12)19/h4-7H,1-3H3,(H,23,28). The summed E-state index contributed by atoms with van der Waals surface area (Å²) in [6.45, 7) is 3.61. The number of carbonyl (C=O) groups is 1. The minimum absolute atomic E-state index is 0.0138. The van der Waals surface area contributed by atoms with Crippen LogP contribution < -0.4 is 5.32 Å². The molecule has 0 fully saturated rings. The molecule has 0 unspecified atom stereocenters. The molecule has 4 aromatic heterocycles. The van der Waals surface area contributed by atoms with Gasteiger partial charge in [-0.3, -0.25) is 9.48 Å². The summed E-state index contributed by atoms with van der Waals surface area (Å²) in [4.78, 5) is 25.6. The van der Waals surface area contributed by atoms with E-state index in [9.17, 15) is 9.18 Å². The van der Waals surface area contributed by atoms with Crippen molar-refractivity contribution in [3.63, 3.8) is 0 Å². The van der Waals surface area contributed by atoms with Gasteiger partial charge < -0.3 is 5.32 Å². The van der Waals surface area contributed by atoms with E-state index in [-0.39, 0.29) is 11.4 Å². The summed E-state index contributed by atoms with van der Waals surface area (Å²) >= 11 is 3.14. The summed E-state index contributed by atoms with van der Waals surface area (Å²) in [5.74, 6) is -0.590. The molecule has 1 amide bonds. The van der Waals surface area contributed by atoms with Crippen molar-refractivity contribution in [2.24, 2.45) is 7.05 Å².